The van der Waals surface area contributed by atoms with Crippen molar-refractivity contribution in [2.75, 3.05) is 6.61 Å². The van der Waals surface area contributed by atoms with Crippen LogP contribution in [0.5, 0.6) is 11.5 Å². The van der Waals surface area contributed by atoms with Gasteiger partial charge in [-0.3, -0.25) is 14.8 Å². The lowest BCUT2D eigenvalue weighted by Crippen LogP contribution is -2.31. The molecule has 1 atom stereocenters. The van der Waals surface area contributed by atoms with Crippen molar-refractivity contribution in [1.82, 2.24) is 15.3 Å². The lowest BCUT2D eigenvalue weighted by molar-refractivity contribution is -0.123. The fraction of sp³-hybridized carbons (Fsp3) is 0.160. The third-order valence-electron chi connectivity index (χ3n) is 4.92. The number of hydrogen-bond donors (Lipinski definition) is 1. The normalized spacial score (nSPS) is 11.7. The first-order valence-electron chi connectivity index (χ1n) is 10.2. The van der Waals surface area contributed by atoms with E-state index in [0.717, 1.165) is 22.3 Å². The molecule has 7 heteroatoms. The smallest absolute Gasteiger partial charge is 0.258 e. The van der Waals surface area contributed by atoms with Gasteiger partial charge in [0.2, 0.25) is 0 Å². The summed E-state index contributed by atoms with van der Waals surface area (Å²) in [7, 11) is 0. The highest BCUT2D eigenvalue weighted by atomic mass is 35.5. The van der Waals surface area contributed by atoms with Crippen molar-refractivity contribution in [1.29, 1.82) is 0 Å². The Kier molecular flexibility index (Phi) is 6.82. The van der Waals surface area contributed by atoms with E-state index in [-0.39, 0.29) is 18.6 Å². The van der Waals surface area contributed by atoms with Gasteiger partial charge in [-0.15, -0.1) is 0 Å². The fourth-order valence-corrected chi connectivity index (χ4v) is 3.46. The Morgan fingerprint density at radius 1 is 1.03 bits per heavy atom. The summed E-state index contributed by atoms with van der Waals surface area (Å²) < 4.78 is 11.5. The average Bonchev–Trinajstić information content (AvgIpc) is 2.83. The number of nitrogens with one attached hydrogen (secondary N) is 1. The molecule has 2 aromatic carbocycles. The molecule has 162 valence electrons. The van der Waals surface area contributed by atoms with Gasteiger partial charge in [-0.05, 0) is 55.0 Å². The molecule has 0 saturated carbocycles. The molecule has 2 aromatic heterocycles. The number of amides is 1. The third-order valence-corrected chi connectivity index (χ3v) is 5.25. The molecule has 4 aromatic rings. The van der Waals surface area contributed by atoms with Gasteiger partial charge in [0.1, 0.15) is 23.6 Å². The second kappa shape index (κ2) is 10.1. The van der Waals surface area contributed by atoms with Crippen molar-refractivity contribution in [2.24, 2.45) is 0 Å². The van der Waals surface area contributed by atoms with Crippen LogP contribution in [0.4, 0.5) is 0 Å². The number of ether oxygens (including phenoxy) is 2. The topological polar surface area (TPSA) is 73.3 Å². The van der Waals surface area contributed by atoms with Crippen molar-refractivity contribution in [3.8, 4) is 11.5 Å². The number of hydrogen-bond acceptors (Lipinski definition) is 5. The Morgan fingerprint density at radius 2 is 1.84 bits per heavy atom. The van der Waals surface area contributed by atoms with Crippen LogP contribution >= 0.6 is 11.6 Å². The van der Waals surface area contributed by atoms with Crippen LogP contribution in [0.2, 0.25) is 5.02 Å². The number of fused-ring (bicyclic) bond motifs is 1. The van der Waals surface area contributed by atoms with E-state index in [1.807, 2.05) is 55.5 Å². The number of pyridine rings is 2. The van der Waals surface area contributed by atoms with Crippen LogP contribution in [0.1, 0.15) is 24.1 Å². The molecule has 0 saturated heterocycles. The second-order valence-corrected chi connectivity index (χ2v) is 7.65. The van der Waals surface area contributed by atoms with Gasteiger partial charge in [-0.25, -0.2) is 0 Å². The van der Waals surface area contributed by atoms with Crippen LogP contribution in [0.3, 0.4) is 0 Å². The zero-order valence-corrected chi connectivity index (χ0v) is 18.3. The van der Waals surface area contributed by atoms with E-state index in [0.29, 0.717) is 22.9 Å². The van der Waals surface area contributed by atoms with Crippen LogP contribution in [0.15, 0.2) is 79.3 Å². The van der Waals surface area contributed by atoms with E-state index < -0.39 is 0 Å². The molecular formula is C25H22ClN3O3. The molecule has 0 aliphatic heterocycles. The first-order valence-corrected chi connectivity index (χ1v) is 10.5. The largest absolute Gasteiger partial charge is 0.489 e. The molecule has 0 spiro atoms. The van der Waals surface area contributed by atoms with Gasteiger partial charge in [0.25, 0.3) is 5.91 Å². The number of halogens is 1. The highest BCUT2D eigenvalue weighted by Gasteiger charge is 2.12. The molecule has 0 aliphatic rings. The predicted octanol–water partition coefficient (Wildman–Crippen LogP) is 5.12. The zero-order chi connectivity index (χ0) is 22.3. The van der Waals surface area contributed by atoms with Gasteiger partial charge < -0.3 is 14.8 Å². The molecule has 1 amide bonds. The van der Waals surface area contributed by atoms with E-state index in [9.17, 15) is 4.79 Å². The Bertz CT molecular complexity index is 1200. The maximum Gasteiger partial charge on any atom is 0.258 e. The van der Waals surface area contributed by atoms with E-state index >= 15 is 0 Å². The van der Waals surface area contributed by atoms with Crippen LogP contribution < -0.4 is 14.8 Å². The summed E-state index contributed by atoms with van der Waals surface area (Å²) in [5.41, 5.74) is 2.59. The molecule has 1 unspecified atom stereocenters. The SMILES string of the molecule is CC(NC(=O)COc1ccc(Cl)c2cccnc12)c1ccc(OCc2cccnc2)cc1. The summed E-state index contributed by atoms with van der Waals surface area (Å²) in [6.07, 6.45) is 5.17. The third kappa shape index (κ3) is 5.34. The second-order valence-electron chi connectivity index (χ2n) is 7.24. The van der Waals surface area contributed by atoms with Gasteiger partial charge in [0.15, 0.2) is 6.61 Å². The maximum atomic E-state index is 12.4. The number of benzene rings is 2. The molecule has 0 fully saturated rings. The van der Waals surface area contributed by atoms with E-state index in [2.05, 4.69) is 15.3 Å². The van der Waals surface area contributed by atoms with E-state index in [4.69, 9.17) is 21.1 Å². The van der Waals surface area contributed by atoms with Crippen LogP contribution in [-0.2, 0) is 11.4 Å². The molecule has 1 N–H and O–H groups in total. The van der Waals surface area contributed by atoms with Crippen LogP contribution in [-0.4, -0.2) is 22.5 Å². The standard InChI is InChI=1S/C25H22ClN3O3/c1-17(19-6-8-20(9-7-19)31-15-18-4-2-12-27-14-18)29-24(30)16-32-23-11-10-22(26)21-5-3-13-28-25(21)23/h2-14,17H,15-16H2,1H3,(H,29,30). The van der Waals surface area contributed by atoms with Gasteiger partial charge in [-0.1, -0.05) is 29.8 Å². The minimum absolute atomic E-state index is 0.121. The van der Waals surface area contributed by atoms with Crippen molar-refractivity contribution in [3.05, 3.63) is 95.4 Å². The summed E-state index contributed by atoms with van der Waals surface area (Å²) in [5.74, 6) is 1.04. The zero-order valence-electron chi connectivity index (χ0n) is 17.5. The lowest BCUT2D eigenvalue weighted by atomic mass is 10.1. The monoisotopic (exact) mass is 447 g/mol. The first kappa shape index (κ1) is 21.6. The first-order chi connectivity index (χ1) is 15.6. The minimum Gasteiger partial charge on any atom is -0.489 e. The average molecular weight is 448 g/mol. The number of aromatic nitrogens is 2. The van der Waals surface area contributed by atoms with Crippen LogP contribution in [0.25, 0.3) is 10.9 Å². The summed E-state index contributed by atoms with van der Waals surface area (Å²) in [6.45, 7) is 2.25. The Morgan fingerprint density at radius 3 is 2.62 bits per heavy atom. The van der Waals surface area contributed by atoms with Gasteiger partial charge in [0.05, 0.1) is 11.1 Å². The highest BCUT2D eigenvalue weighted by molar-refractivity contribution is 6.35. The number of nitrogens with zero attached hydrogens (tertiary/aromatic N) is 2. The fourth-order valence-electron chi connectivity index (χ4n) is 3.24. The van der Waals surface area contributed by atoms with Crippen LogP contribution in [0, 0.1) is 0 Å². The molecule has 4 rings (SSSR count). The van der Waals surface area contributed by atoms with Crippen molar-refractivity contribution < 1.29 is 14.3 Å². The number of rotatable bonds is 8. The molecule has 0 radical (unpaired) electrons. The highest BCUT2D eigenvalue weighted by Crippen LogP contribution is 2.29. The molecular weight excluding hydrogens is 426 g/mol. The minimum atomic E-state index is -0.228. The molecule has 0 aliphatic carbocycles. The molecule has 2 heterocycles. The molecule has 32 heavy (non-hydrogen) atoms. The summed E-state index contributed by atoms with van der Waals surface area (Å²) in [6, 6.07) is 18.4. The van der Waals surface area contributed by atoms with Gasteiger partial charge in [-0.2, -0.15) is 0 Å². The Hall–Kier alpha value is -3.64. The number of carbonyl (C=O) groups excluding carboxylic acids is 1. The van der Waals surface area contributed by atoms with Crippen molar-refractivity contribution >= 4 is 28.4 Å². The van der Waals surface area contributed by atoms with Crippen molar-refractivity contribution in [2.45, 2.75) is 19.6 Å². The lowest BCUT2D eigenvalue weighted by Gasteiger charge is -2.16. The van der Waals surface area contributed by atoms with E-state index in [1.54, 1.807) is 30.7 Å². The van der Waals surface area contributed by atoms with Gasteiger partial charge in [0, 0.05) is 29.5 Å². The molecule has 6 nitrogen and oxygen atoms in total. The van der Waals surface area contributed by atoms with E-state index in [1.165, 1.54) is 0 Å². The summed E-state index contributed by atoms with van der Waals surface area (Å²) in [5, 5.41) is 4.32. The molecule has 0 bridgehead atoms. The maximum absolute atomic E-state index is 12.4. The summed E-state index contributed by atoms with van der Waals surface area (Å²) >= 11 is 6.20. The predicted molar refractivity (Wildman–Crippen MR) is 124 cm³/mol. The number of carbonyl (C=O) groups is 1. The Labute approximate surface area is 191 Å². The quantitative estimate of drug-likeness (QED) is 0.406. The van der Waals surface area contributed by atoms with Gasteiger partial charge >= 0.3 is 0 Å². The van der Waals surface area contributed by atoms with Crippen molar-refractivity contribution in [3.63, 3.8) is 0 Å². The Balaban J connectivity index is 1.30. The summed E-state index contributed by atoms with van der Waals surface area (Å²) in [4.78, 5) is 20.8.